The molecule has 3 heterocycles. The molecule has 0 bridgehead atoms. The van der Waals surface area contributed by atoms with Gasteiger partial charge in [-0.2, -0.15) is 0 Å². The van der Waals surface area contributed by atoms with E-state index in [-0.39, 0.29) is 24.5 Å². The van der Waals surface area contributed by atoms with Gasteiger partial charge in [-0.15, -0.1) is 23.1 Å². The molecule has 2 aliphatic heterocycles. The zero-order valence-corrected chi connectivity index (χ0v) is 25.2. The van der Waals surface area contributed by atoms with Gasteiger partial charge in [-0.3, -0.25) is 24.1 Å². The maximum Gasteiger partial charge on any atom is 0.356 e. The van der Waals surface area contributed by atoms with E-state index in [9.17, 15) is 24.0 Å². The zero-order valence-electron chi connectivity index (χ0n) is 23.6. The normalized spacial score (nSPS) is 19.2. The first-order valence-corrected chi connectivity index (χ1v) is 15.5. The number of amides is 3. The Balaban J connectivity index is 1.48. The molecule has 2 aromatic carbocycles. The first-order chi connectivity index (χ1) is 21.2. The van der Waals surface area contributed by atoms with Crippen molar-refractivity contribution < 1.29 is 38.2 Å². The van der Waals surface area contributed by atoms with Crippen LogP contribution in [0.4, 0.5) is 0 Å². The molecule has 3 amide bonds. The van der Waals surface area contributed by atoms with Gasteiger partial charge in [0.2, 0.25) is 11.8 Å². The second-order valence-electron chi connectivity index (χ2n) is 9.97. The first kappa shape index (κ1) is 31.0. The SMILES string of the molecule is CC(=O)OCC1=C(C(=O)OC(c2ccccc2)c2ccccc2)N2C(=O)[C@](NC(=O)Cc3cccs3)(OCC(N)=O)[C@H]2SC1. The first-order valence-electron chi connectivity index (χ1n) is 13.6. The molecule has 0 unspecified atom stereocenters. The quantitative estimate of drug-likeness (QED) is 0.174. The fourth-order valence-electron chi connectivity index (χ4n) is 4.92. The molecule has 11 nitrogen and oxygen atoms in total. The fourth-order valence-corrected chi connectivity index (χ4v) is 7.01. The molecule has 2 atom stereocenters. The lowest BCUT2D eigenvalue weighted by atomic mass is 9.97. The molecule has 13 heteroatoms. The monoisotopic (exact) mass is 635 g/mol. The van der Waals surface area contributed by atoms with Gasteiger partial charge in [-0.1, -0.05) is 66.7 Å². The molecule has 0 saturated carbocycles. The largest absolute Gasteiger partial charge is 0.461 e. The molecule has 1 saturated heterocycles. The van der Waals surface area contributed by atoms with E-state index >= 15 is 0 Å². The van der Waals surface area contributed by atoms with Crippen LogP contribution in [0.1, 0.15) is 29.0 Å². The highest BCUT2D eigenvalue weighted by Crippen LogP contribution is 2.47. The average Bonchev–Trinajstić information content (AvgIpc) is 3.53. The summed E-state index contributed by atoms with van der Waals surface area (Å²) in [4.78, 5) is 66.3. The van der Waals surface area contributed by atoms with E-state index in [2.05, 4.69) is 5.32 Å². The summed E-state index contributed by atoms with van der Waals surface area (Å²) in [6.07, 6.45) is -0.847. The van der Waals surface area contributed by atoms with Crippen molar-refractivity contribution in [3.8, 4) is 0 Å². The molecule has 1 aromatic heterocycles. The van der Waals surface area contributed by atoms with Crippen LogP contribution in [0.5, 0.6) is 0 Å². The van der Waals surface area contributed by atoms with Gasteiger partial charge >= 0.3 is 11.9 Å². The summed E-state index contributed by atoms with van der Waals surface area (Å²) in [6.45, 7) is 0.326. The number of rotatable bonds is 12. The zero-order chi connectivity index (χ0) is 31.3. The minimum Gasteiger partial charge on any atom is -0.461 e. The lowest BCUT2D eigenvalue weighted by Crippen LogP contribution is -2.81. The molecule has 2 aliphatic rings. The second-order valence-corrected chi connectivity index (χ2v) is 12.1. The Labute approximate surface area is 261 Å². The van der Waals surface area contributed by atoms with Crippen LogP contribution in [0.2, 0.25) is 0 Å². The van der Waals surface area contributed by atoms with Crippen molar-refractivity contribution in [1.29, 1.82) is 0 Å². The number of thioether (sulfide) groups is 1. The molecule has 0 aliphatic carbocycles. The van der Waals surface area contributed by atoms with Crippen LogP contribution in [-0.4, -0.2) is 64.6 Å². The van der Waals surface area contributed by atoms with E-state index in [0.29, 0.717) is 16.7 Å². The lowest BCUT2D eigenvalue weighted by molar-refractivity contribution is -0.199. The Kier molecular flexibility index (Phi) is 9.47. The van der Waals surface area contributed by atoms with Crippen LogP contribution in [0.3, 0.4) is 0 Å². The number of carbonyl (C=O) groups excluding carboxylic acids is 5. The Hall–Kier alpha value is -4.46. The Morgan fingerprint density at radius 3 is 2.25 bits per heavy atom. The van der Waals surface area contributed by atoms with E-state index in [1.54, 1.807) is 12.1 Å². The number of primary amides is 1. The Bertz CT molecular complexity index is 1540. The number of benzene rings is 2. The van der Waals surface area contributed by atoms with Crippen LogP contribution in [-0.2, 0) is 44.6 Å². The maximum absolute atomic E-state index is 14.0. The molecule has 3 aromatic rings. The molecule has 1 fully saturated rings. The van der Waals surface area contributed by atoms with Crippen molar-refractivity contribution in [3.05, 3.63) is 105 Å². The van der Waals surface area contributed by atoms with E-state index in [1.165, 1.54) is 30.0 Å². The molecule has 0 spiro atoms. The molecule has 228 valence electrons. The van der Waals surface area contributed by atoms with Crippen LogP contribution in [0.15, 0.2) is 89.4 Å². The lowest BCUT2D eigenvalue weighted by Gasteiger charge is -2.56. The van der Waals surface area contributed by atoms with E-state index in [0.717, 1.165) is 9.78 Å². The number of thiophene rings is 1. The van der Waals surface area contributed by atoms with Crippen LogP contribution in [0.25, 0.3) is 0 Å². The van der Waals surface area contributed by atoms with Gasteiger partial charge in [0.15, 0.2) is 6.10 Å². The van der Waals surface area contributed by atoms with Gasteiger partial charge in [0.25, 0.3) is 11.6 Å². The number of nitrogens with one attached hydrogen (secondary N) is 1. The summed E-state index contributed by atoms with van der Waals surface area (Å²) < 4.78 is 17.0. The Morgan fingerprint density at radius 2 is 1.68 bits per heavy atom. The van der Waals surface area contributed by atoms with Gasteiger partial charge < -0.3 is 25.3 Å². The predicted molar refractivity (Wildman–Crippen MR) is 162 cm³/mol. The number of nitrogens with zero attached hydrogens (tertiary/aromatic N) is 1. The van der Waals surface area contributed by atoms with Gasteiger partial charge in [0, 0.05) is 23.1 Å². The molecule has 0 radical (unpaired) electrons. The number of fused-ring (bicyclic) bond motifs is 1. The Morgan fingerprint density at radius 1 is 1.02 bits per heavy atom. The number of esters is 2. The van der Waals surface area contributed by atoms with Crippen LogP contribution in [0, 0.1) is 0 Å². The highest BCUT2D eigenvalue weighted by molar-refractivity contribution is 8.00. The van der Waals surface area contributed by atoms with Gasteiger partial charge in [0.1, 0.15) is 24.3 Å². The van der Waals surface area contributed by atoms with Crippen LogP contribution >= 0.6 is 23.1 Å². The minimum atomic E-state index is -1.97. The third-order valence-electron chi connectivity index (χ3n) is 6.86. The smallest absolute Gasteiger partial charge is 0.356 e. The van der Waals surface area contributed by atoms with Gasteiger partial charge in [-0.05, 0) is 22.6 Å². The molecule has 5 rings (SSSR count). The van der Waals surface area contributed by atoms with Crippen LogP contribution < -0.4 is 11.1 Å². The van der Waals surface area contributed by atoms with Gasteiger partial charge in [-0.25, -0.2) is 4.79 Å². The van der Waals surface area contributed by atoms with Crippen molar-refractivity contribution in [2.45, 2.75) is 30.5 Å². The van der Waals surface area contributed by atoms with Crippen molar-refractivity contribution in [1.82, 2.24) is 10.2 Å². The molecular weight excluding hydrogens is 606 g/mol. The van der Waals surface area contributed by atoms with Crippen molar-refractivity contribution >= 4 is 52.8 Å². The number of hydrogen-bond donors (Lipinski definition) is 2. The summed E-state index contributed by atoms with van der Waals surface area (Å²) in [6, 6.07) is 21.8. The number of nitrogens with two attached hydrogens (primary N) is 1. The summed E-state index contributed by atoms with van der Waals surface area (Å²) in [5.41, 5.74) is 4.98. The van der Waals surface area contributed by atoms with E-state index in [4.69, 9.17) is 19.9 Å². The maximum atomic E-state index is 14.0. The number of carbonyl (C=O) groups is 5. The summed E-state index contributed by atoms with van der Waals surface area (Å²) >= 11 is 2.55. The predicted octanol–water partition coefficient (Wildman–Crippen LogP) is 2.67. The fraction of sp³-hybridized carbons (Fsp3) is 0.258. The van der Waals surface area contributed by atoms with E-state index < -0.39 is 53.5 Å². The molecule has 44 heavy (non-hydrogen) atoms. The highest BCUT2D eigenvalue weighted by atomic mass is 32.2. The topological polar surface area (TPSA) is 154 Å². The summed E-state index contributed by atoms with van der Waals surface area (Å²) in [5.74, 6) is -3.43. The van der Waals surface area contributed by atoms with Crippen molar-refractivity contribution in [2.75, 3.05) is 19.0 Å². The van der Waals surface area contributed by atoms with E-state index in [1.807, 2.05) is 66.0 Å². The van der Waals surface area contributed by atoms with Gasteiger partial charge in [0.05, 0.1) is 6.42 Å². The van der Waals surface area contributed by atoms with Crippen molar-refractivity contribution in [3.63, 3.8) is 0 Å². The summed E-state index contributed by atoms with van der Waals surface area (Å²) in [7, 11) is 0. The molecule has 3 N–H and O–H groups in total. The number of ether oxygens (including phenoxy) is 3. The number of β-lactam (4-membered cyclic amide) rings is 1. The standard InChI is InChI=1S/C31H29N3O8S2/c1-19(35)40-16-22-18-44-30-31(41-17-24(32)36,33-25(37)15-23-13-8-14-43-23)29(39)34(30)26(22)28(38)42-27(20-9-4-2-5-10-20)21-11-6-3-7-12-21/h2-14,27,30H,15-18H2,1H3,(H2,32,36)(H,33,37)/t30-,31+/m1/s1. The third kappa shape index (κ3) is 6.54. The minimum absolute atomic E-state index is 0.0255. The molecular formula is C31H29N3O8S2. The van der Waals surface area contributed by atoms with Crippen molar-refractivity contribution in [2.24, 2.45) is 5.73 Å². The second kappa shape index (κ2) is 13.5. The highest BCUT2D eigenvalue weighted by Gasteiger charge is 2.67. The number of hydrogen-bond acceptors (Lipinski definition) is 10. The summed E-state index contributed by atoms with van der Waals surface area (Å²) in [5, 5.41) is 3.53. The third-order valence-corrected chi connectivity index (χ3v) is 9.11. The average molecular weight is 636 g/mol.